The van der Waals surface area contributed by atoms with Gasteiger partial charge in [0.25, 0.3) is 0 Å². The molecular weight excluding hydrogens is 1320 g/mol. The van der Waals surface area contributed by atoms with Crippen LogP contribution in [0.25, 0.3) is 0 Å². The van der Waals surface area contributed by atoms with E-state index in [1.54, 1.807) is 0 Å². The van der Waals surface area contributed by atoms with E-state index < -0.39 is 41.5 Å². The van der Waals surface area contributed by atoms with Crippen molar-refractivity contribution in [3.8, 4) is 0 Å². The number of fused-ring (bicyclic) bond motifs is 4. The van der Waals surface area contributed by atoms with Gasteiger partial charge in [0.05, 0.1) is 4.83 Å². The molecule has 0 spiro atoms. The van der Waals surface area contributed by atoms with Gasteiger partial charge in [-0.25, -0.2) is 55.9 Å². The van der Waals surface area contributed by atoms with Crippen molar-refractivity contribution in [2.24, 2.45) is 0 Å². The Balaban J connectivity index is -0.00000144. The second kappa shape index (κ2) is 37.0. The Kier molecular flexibility index (Phi) is 38.9. The number of nitrogens with zero attached hydrogens (tertiary/aromatic N) is 6. The fourth-order valence-electron chi connectivity index (χ4n) is 6.84. The number of hydrogen-bond donors (Lipinski definition) is 1. The van der Waals surface area contributed by atoms with Crippen LogP contribution in [0.15, 0.2) is 64.4 Å². The molecule has 3 aromatic rings. The van der Waals surface area contributed by atoms with E-state index >= 15 is 0 Å². The van der Waals surface area contributed by atoms with E-state index in [-0.39, 0.29) is 49.2 Å². The molecule has 1 N–H and O–H groups in total. The predicted molar refractivity (Wildman–Crippen MR) is 260 cm³/mol. The number of carboxylic acids is 1. The van der Waals surface area contributed by atoms with E-state index in [1.807, 2.05) is 30.3 Å². The fourth-order valence-corrected chi connectivity index (χ4v) is 8.17. The Morgan fingerprint density at radius 2 is 0.711 bits per heavy atom. The summed E-state index contributed by atoms with van der Waals surface area (Å²) in [6.45, 7) is 25.4. The van der Waals surface area contributed by atoms with Crippen LogP contribution in [0.4, 0.5) is 0 Å². The summed E-state index contributed by atoms with van der Waals surface area (Å²) >= 11 is 18.7. The number of benzene rings is 3. The predicted octanol–water partition coefficient (Wildman–Crippen LogP) is -5.90. The average Bonchev–Trinajstić information content (AvgIpc) is 3.23. The van der Waals surface area contributed by atoms with Gasteiger partial charge in [-0.15, -0.1) is 30.7 Å². The molecule has 439 valence electrons. The van der Waals surface area contributed by atoms with Crippen molar-refractivity contribution < 1.29 is 130 Å². The molecule has 1 heterocycles. The molecule has 1 aliphatic rings. The molecule has 20 nitrogen and oxygen atoms in total. The summed E-state index contributed by atoms with van der Waals surface area (Å²) in [5.74, 6) is -0.870. The Hall–Kier alpha value is -0.307. The molecule has 0 unspecified atom stereocenters. The fraction of sp³-hybridized carbons (Fsp3) is 0.596. The van der Waals surface area contributed by atoms with Crippen LogP contribution in [0.5, 0.6) is 0 Å². The smallest absolute Gasteiger partial charge is 0.779 e. The van der Waals surface area contributed by atoms with Crippen molar-refractivity contribution in [3.05, 3.63) is 93.5 Å². The topological polar surface area (TPSA) is 333 Å². The summed E-state index contributed by atoms with van der Waals surface area (Å²) in [4.78, 5) is 26.5. The van der Waals surface area contributed by atoms with Crippen molar-refractivity contribution in [3.63, 3.8) is 0 Å². The van der Waals surface area contributed by atoms with Crippen LogP contribution in [0.2, 0.25) is 0 Å². The van der Waals surface area contributed by atoms with Gasteiger partial charge >= 0.3 is 39.5 Å². The monoisotopic (exact) mass is 1390 g/mol. The first-order valence-corrected chi connectivity index (χ1v) is 29.0. The van der Waals surface area contributed by atoms with Crippen molar-refractivity contribution in [1.29, 1.82) is 0 Å². The van der Waals surface area contributed by atoms with Gasteiger partial charge in [-0.1, -0.05) is 150 Å². The third-order valence-electron chi connectivity index (χ3n) is 11.0. The van der Waals surface area contributed by atoms with Crippen LogP contribution < -0.4 is 55.9 Å². The maximum absolute atomic E-state index is 10.6. The molecule has 3 aromatic carbocycles. The summed E-state index contributed by atoms with van der Waals surface area (Å²) in [7, 11) is -1.44. The molecule has 0 saturated heterocycles. The van der Waals surface area contributed by atoms with Gasteiger partial charge in [0.2, 0.25) is 0 Å². The molecule has 1 radical (unpaired) electrons. The average molecular weight is 1390 g/mol. The zero-order chi connectivity index (χ0) is 57.7. The Bertz CT molecular complexity index is 1900. The maximum atomic E-state index is 10.6. The summed E-state index contributed by atoms with van der Waals surface area (Å²) in [6.07, 6.45) is 0. The van der Waals surface area contributed by atoms with Gasteiger partial charge < -0.3 is 59.8 Å². The van der Waals surface area contributed by atoms with Crippen LogP contribution in [-0.4, -0.2) is 140 Å². The van der Waals surface area contributed by atoms with Crippen LogP contribution in [0, 0.1) is 30.7 Å². The zero-order valence-electron chi connectivity index (χ0n) is 44.6. The number of alkyl halides is 2. The number of aliphatic carboxylic acids is 1. The Morgan fingerprint density at radius 1 is 0.500 bits per heavy atom. The van der Waals surface area contributed by atoms with Gasteiger partial charge in [-0.3, -0.25) is 4.79 Å². The minimum absolute atomic E-state index is 0. The normalized spacial score (nSPS) is 17.1. The first-order chi connectivity index (χ1) is 33.5. The number of hydrogen-bond acceptors (Lipinski definition) is 21. The maximum Gasteiger partial charge on any atom is 3.00 e. The number of carbonyl (C=O) groups is 1. The standard InChI is InChI=1S/C38H66N6S2.C9H8Br2O2.3ClHO4.2Co/c1-37(2,3)33-21-29-25-41(9)17-13-39(7)15-19-43(11)27-31-23-34(38(4,5)6)24-32(36(31)46)28-44(12)20-16-40(8)14-18-42(10)26-30(22-33)35(29)45;10-7(8(11)9(12)13)6-4-2-1-3-5-6;3*2-1(3,4)5;;/h21-24,45-46H,13-20,25-28H2,1-12H3;1-5,7-8H,(H,12,13);3*(H,2,3,4,5);;/q;;;;;+2;+3/p-5/t;7-,8+;;;;;/m.1...../s1. The molecular formula is C47H72Br2Cl3Co2N6O14S2. The van der Waals surface area contributed by atoms with E-state index in [4.69, 9.17) is 86.3 Å². The molecule has 0 fully saturated rings. The Morgan fingerprint density at radius 3 is 0.908 bits per heavy atom. The third kappa shape index (κ3) is 39.2. The SMILES string of the molecule is CN1CCN(C)Cc2cc(C(C)(C)C)cc(c2[S-])CN(C)CCN(C)CCN(C)Cc2cc(C(C)(C)C)cc(c2[S-])CN(C)CC1.O=C(O)[C@@H](Br)[C@H](Br)c1ccccc1.[Co+2].[Co+3].[O-][Cl+3]([O-])([O-])[O-].[O-][Cl+3]([O-])([O-])[O-].[O-][Cl+3]([O-])([O-])[O-]. The van der Waals surface area contributed by atoms with Gasteiger partial charge in [0.1, 0.15) is 4.83 Å². The van der Waals surface area contributed by atoms with Crippen LogP contribution in [-0.2, 0) is 101 Å². The van der Waals surface area contributed by atoms with Crippen LogP contribution in [0.3, 0.4) is 0 Å². The molecule has 29 heteroatoms. The molecule has 1 aliphatic heterocycles. The molecule has 4 bridgehead atoms. The van der Waals surface area contributed by atoms with Crippen molar-refractivity contribution in [2.45, 2.75) is 98.0 Å². The van der Waals surface area contributed by atoms with E-state index in [9.17, 15) is 4.79 Å². The quantitative estimate of drug-likeness (QED) is 0.189. The van der Waals surface area contributed by atoms with E-state index in [0.717, 1.165) is 93.9 Å². The minimum Gasteiger partial charge on any atom is -0.779 e. The van der Waals surface area contributed by atoms with Crippen LogP contribution in [0.1, 0.15) is 85.3 Å². The molecule has 2 atom stereocenters. The first-order valence-electron chi connectivity index (χ1n) is 22.6. The largest absolute Gasteiger partial charge is 3.00 e. The number of carboxylic acid groups (broad SMARTS) is 1. The summed E-state index contributed by atoms with van der Waals surface area (Å²) in [5, 5.41) is 8.74. The number of halogens is 5. The first kappa shape index (κ1) is 79.9. The van der Waals surface area contributed by atoms with Crippen LogP contribution >= 0.6 is 31.9 Å². The molecule has 76 heavy (non-hydrogen) atoms. The number of rotatable bonds is 3. The third-order valence-corrected chi connectivity index (χ3v) is 14.8. The molecule has 4 rings (SSSR count). The van der Waals surface area contributed by atoms with Gasteiger partial charge in [0, 0.05) is 78.5 Å². The van der Waals surface area contributed by atoms with E-state index in [2.05, 4.69) is 169 Å². The molecule has 0 aliphatic carbocycles. The molecule has 0 aromatic heterocycles. The van der Waals surface area contributed by atoms with Crippen molar-refractivity contribution >= 4 is 63.1 Å². The molecule has 0 saturated carbocycles. The Labute approximate surface area is 504 Å². The van der Waals surface area contributed by atoms with E-state index in [0.29, 0.717) is 0 Å². The number of likely N-dealkylation sites (N-methyl/N-ethyl adjacent to an activating group) is 6. The van der Waals surface area contributed by atoms with Gasteiger partial charge in [0.15, 0.2) is 0 Å². The molecule has 0 amide bonds. The zero-order valence-corrected chi connectivity index (χ0v) is 53.8. The second-order valence-electron chi connectivity index (χ2n) is 20.0. The van der Waals surface area contributed by atoms with Gasteiger partial charge in [-0.2, -0.15) is 9.79 Å². The van der Waals surface area contributed by atoms with Gasteiger partial charge in [-0.05, 0) is 69.8 Å². The summed E-state index contributed by atoms with van der Waals surface area (Å²) in [6, 6.07) is 18.9. The summed E-state index contributed by atoms with van der Waals surface area (Å²) in [5.41, 5.74) is 8.96. The minimum atomic E-state index is -4.94. The van der Waals surface area contributed by atoms with Crippen molar-refractivity contribution in [1.82, 2.24) is 29.4 Å². The summed E-state index contributed by atoms with van der Waals surface area (Å²) < 4.78 is 102. The second-order valence-corrected chi connectivity index (χ2v) is 25.0. The van der Waals surface area contributed by atoms with E-state index in [1.165, 1.54) is 33.4 Å². The van der Waals surface area contributed by atoms with Crippen molar-refractivity contribution in [2.75, 3.05) is 94.6 Å².